The fraction of sp³-hybridized carbons (Fsp3) is 0.632. The van der Waals surface area contributed by atoms with Gasteiger partial charge in [0, 0.05) is 46.4 Å². The normalized spacial score (nSPS) is 25.4. The van der Waals surface area contributed by atoms with Crippen molar-refractivity contribution in [3.8, 4) is 0 Å². The van der Waals surface area contributed by atoms with E-state index in [4.69, 9.17) is 9.72 Å². The van der Waals surface area contributed by atoms with Crippen LogP contribution in [0.15, 0.2) is 24.3 Å². The average molecular weight is 328 g/mol. The Kier molecular flexibility index (Phi) is 4.57. The number of benzene rings is 1. The predicted molar refractivity (Wildman–Crippen MR) is 96.0 cm³/mol. The van der Waals surface area contributed by atoms with Gasteiger partial charge in [-0.2, -0.15) is 0 Å². The topological polar surface area (TPSA) is 33.5 Å². The summed E-state index contributed by atoms with van der Waals surface area (Å²) in [7, 11) is 3.94. The lowest BCUT2D eigenvalue weighted by Gasteiger charge is -2.35. The molecule has 2 bridgehead atoms. The van der Waals surface area contributed by atoms with Crippen molar-refractivity contribution in [1.29, 1.82) is 0 Å². The number of hydrogen-bond donors (Lipinski definition) is 0. The second kappa shape index (κ2) is 6.82. The summed E-state index contributed by atoms with van der Waals surface area (Å²) < 4.78 is 7.55. The first-order chi connectivity index (χ1) is 11.7. The van der Waals surface area contributed by atoms with E-state index >= 15 is 0 Å². The summed E-state index contributed by atoms with van der Waals surface area (Å²) >= 11 is 0. The third-order valence-electron chi connectivity index (χ3n) is 5.73. The van der Waals surface area contributed by atoms with Crippen molar-refractivity contribution in [2.75, 3.05) is 39.9 Å². The van der Waals surface area contributed by atoms with Gasteiger partial charge in [-0.1, -0.05) is 12.1 Å². The molecule has 3 aliphatic heterocycles. The smallest absolute Gasteiger partial charge is 0.123 e. The first-order valence-corrected chi connectivity index (χ1v) is 9.10. The Morgan fingerprint density at radius 1 is 1.17 bits per heavy atom. The Morgan fingerprint density at radius 3 is 2.88 bits per heavy atom. The van der Waals surface area contributed by atoms with Gasteiger partial charge in [-0.25, -0.2) is 4.98 Å². The maximum Gasteiger partial charge on any atom is 0.123 e. The van der Waals surface area contributed by atoms with Crippen LogP contribution < -0.4 is 0 Å². The highest BCUT2D eigenvalue weighted by atomic mass is 16.5. The Bertz CT molecular complexity index is 698. The summed E-state index contributed by atoms with van der Waals surface area (Å²) in [6.45, 7) is 6.45. The van der Waals surface area contributed by atoms with Crippen molar-refractivity contribution >= 4 is 11.0 Å². The lowest BCUT2D eigenvalue weighted by atomic mass is 9.95. The molecule has 2 atom stereocenters. The molecular weight excluding hydrogens is 300 g/mol. The SMILES string of the molecule is COCCN1C[C@@H]2CC[C@H]1CN(Cc1nc3ccccc3n1C)C2. The lowest BCUT2D eigenvalue weighted by molar-refractivity contribution is 0.0866. The predicted octanol–water partition coefficient (Wildman–Crippen LogP) is 2.12. The van der Waals surface area contributed by atoms with Crippen molar-refractivity contribution in [2.45, 2.75) is 25.4 Å². The fourth-order valence-electron chi connectivity index (χ4n) is 4.42. The molecule has 0 aliphatic carbocycles. The van der Waals surface area contributed by atoms with Crippen LogP contribution in [0.4, 0.5) is 0 Å². The number of rotatable bonds is 5. The van der Waals surface area contributed by atoms with Crippen molar-refractivity contribution < 1.29 is 4.74 Å². The maximum atomic E-state index is 5.30. The van der Waals surface area contributed by atoms with E-state index in [1.165, 1.54) is 37.3 Å². The van der Waals surface area contributed by atoms with E-state index in [9.17, 15) is 0 Å². The van der Waals surface area contributed by atoms with E-state index in [-0.39, 0.29) is 0 Å². The van der Waals surface area contributed by atoms with Gasteiger partial charge < -0.3 is 9.30 Å². The number of nitrogens with zero attached hydrogens (tertiary/aromatic N) is 4. The molecule has 0 saturated carbocycles. The van der Waals surface area contributed by atoms with E-state index in [0.29, 0.717) is 6.04 Å². The second-order valence-corrected chi connectivity index (χ2v) is 7.35. The molecule has 1 aromatic heterocycles. The number of hydrogen-bond acceptors (Lipinski definition) is 4. The molecule has 5 nitrogen and oxygen atoms in total. The third kappa shape index (κ3) is 3.08. The molecule has 0 spiro atoms. The zero-order valence-electron chi connectivity index (χ0n) is 14.8. The summed E-state index contributed by atoms with van der Waals surface area (Å²) in [5, 5.41) is 0. The van der Waals surface area contributed by atoms with Crippen molar-refractivity contribution in [1.82, 2.24) is 19.4 Å². The monoisotopic (exact) mass is 328 g/mol. The molecule has 0 N–H and O–H groups in total. The zero-order chi connectivity index (χ0) is 16.5. The summed E-state index contributed by atoms with van der Waals surface area (Å²) in [4.78, 5) is 10.1. The van der Waals surface area contributed by atoms with Crippen LogP contribution in [-0.2, 0) is 18.3 Å². The molecule has 4 heterocycles. The van der Waals surface area contributed by atoms with E-state index in [1.54, 1.807) is 7.11 Å². The molecule has 5 heteroatoms. The summed E-state index contributed by atoms with van der Waals surface area (Å²) in [6.07, 6.45) is 2.70. The first kappa shape index (κ1) is 16.1. The standard InChI is InChI=1S/C19H28N4O/c1-21-18-6-4-3-5-17(18)20-19(21)14-22-11-15-7-8-16(13-22)23(12-15)9-10-24-2/h3-6,15-16H,7-14H2,1-2H3/t15-,16+/m1/s1. The van der Waals surface area contributed by atoms with Gasteiger partial charge in [0.05, 0.1) is 24.2 Å². The first-order valence-electron chi connectivity index (χ1n) is 9.10. The molecule has 0 amide bonds. The summed E-state index contributed by atoms with van der Waals surface area (Å²) in [5.41, 5.74) is 2.33. The molecule has 3 saturated heterocycles. The number of imidazole rings is 1. The third-order valence-corrected chi connectivity index (χ3v) is 5.73. The number of piperidine rings is 1. The van der Waals surface area contributed by atoms with Gasteiger partial charge in [-0.3, -0.25) is 9.80 Å². The highest BCUT2D eigenvalue weighted by molar-refractivity contribution is 5.75. The quantitative estimate of drug-likeness (QED) is 0.842. The number of aromatic nitrogens is 2. The molecular formula is C19H28N4O. The van der Waals surface area contributed by atoms with Crippen LogP contribution >= 0.6 is 0 Å². The number of aryl methyl sites for hydroxylation is 1. The van der Waals surface area contributed by atoms with Crippen molar-refractivity contribution in [2.24, 2.45) is 13.0 Å². The Hall–Kier alpha value is -1.43. The Labute approximate surface area is 144 Å². The van der Waals surface area contributed by atoms with E-state index in [1.807, 2.05) is 0 Å². The van der Waals surface area contributed by atoms with Gasteiger partial charge in [0.1, 0.15) is 5.82 Å². The highest BCUT2D eigenvalue weighted by Gasteiger charge is 2.34. The molecule has 5 rings (SSSR count). The highest BCUT2D eigenvalue weighted by Crippen LogP contribution is 2.28. The average Bonchev–Trinajstić information content (AvgIpc) is 2.75. The van der Waals surface area contributed by atoms with Gasteiger partial charge in [-0.05, 0) is 30.9 Å². The van der Waals surface area contributed by atoms with Crippen LogP contribution in [0.3, 0.4) is 0 Å². The fourth-order valence-corrected chi connectivity index (χ4v) is 4.42. The van der Waals surface area contributed by atoms with Crippen molar-refractivity contribution in [3.63, 3.8) is 0 Å². The molecule has 0 radical (unpaired) electrons. The minimum atomic E-state index is 0.675. The Balaban J connectivity index is 1.49. The lowest BCUT2D eigenvalue weighted by Crippen LogP contribution is -2.45. The molecule has 3 fully saturated rings. The van der Waals surface area contributed by atoms with Crippen LogP contribution in [0, 0.1) is 5.92 Å². The molecule has 3 aliphatic rings. The maximum absolute atomic E-state index is 5.30. The summed E-state index contributed by atoms with van der Waals surface area (Å²) in [5.74, 6) is 1.97. The minimum absolute atomic E-state index is 0.675. The van der Waals surface area contributed by atoms with Crippen LogP contribution in [0.2, 0.25) is 0 Å². The number of fused-ring (bicyclic) bond motifs is 5. The van der Waals surface area contributed by atoms with Crippen molar-refractivity contribution in [3.05, 3.63) is 30.1 Å². The minimum Gasteiger partial charge on any atom is -0.383 e. The van der Waals surface area contributed by atoms with Gasteiger partial charge in [0.15, 0.2) is 0 Å². The van der Waals surface area contributed by atoms with Gasteiger partial charge >= 0.3 is 0 Å². The second-order valence-electron chi connectivity index (χ2n) is 7.35. The number of para-hydroxylation sites is 2. The van der Waals surface area contributed by atoms with Crippen LogP contribution in [0.1, 0.15) is 18.7 Å². The van der Waals surface area contributed by atoms with Gasteiger partial charge in [0.25, 0.3) is 0 Å². The number of ether oxygens (including phenoxy) is 1. The Morgan fingerprint density at radius 2 is 2.04 bits per heavy atom. The van der Waals surface area contributed by atoms with E-state index in [2.05, 4.69) is 45.7 Å². The zero-order valence-corrected chi connectivity index (χ0v) is 14.8. The van der Waals surface area contributed by atoms with Crippen LogP contribution in [-0.4, -0.2) is 65.3 Å². The van der Waals surface area contributed by atoms with E-state index < -0.39 is 0 Å². The largest absolute Gasteiger partial charge is 0.383 e. The summed E-state index contributed by atoms with van der Waals surface area (Å²) in [6, 6.07) is 9.10. The van der Waals surface area contributed by atoms with E-state index in [0.717, 1.165) is 37.7 Å². The molecule has 1 aromatic carbocycles. The van der Waals surface area contributed by atoms with Crippen LogP contribution in [0.25, 0.3) is 11.0 Å². The van der Waals surface area contributed by atoms with Gasteiger partial charge in [0.2, 0.25) is 0 Å². The van der Waals surface area contributed by atoms with Gasteiger partial charge in [-0.15, -0.1) is 0 Å². The molecule has 0 unspecified atom stereocenters. The van der Waals surface area contributed by atoms with Crippen LogP contribution in [0.5, 0.6) is 0 Å². The number of methoxy groups -OCH3 is 1. The molecule has 2 aromatic rings. The molecule has 130 valence electrons. The molecule has 24 heavy (non-hydrogen) atoms.